The number of aliphatic carboxylic acids is 1. The third-order valence-corrected chi connectivity index (χ3v) is 5.62. The quantitative estimate of drug-likeness (QED) is 0.348. The summed E-state index contributed by atoms with van der Waals surface area (Å²) in [5, 5.41) is 18.4. The van der Waals surface area contributed by atoms with Crippen molar-refractivity contribution in [2.75, 3.05) is 6.61 Å². The monoisotopic (exact) mass is 460 g/mol. The van der Waals surface area contributed by atoms with Crippen LogP contribution < -0.4 is 0 Å². The molecule has 0 saturated carbocycles. The Hall–Kier alpha value is -4.17. The van der Waals surface area contributed by atoms with Crippen LogP contribution in [0.2, 0.25) is 0 Å². The number of hydrogen-bond acceptors (Lipinski definition) is 5. The molecule has 2 N–H and O–H groups in total. The second kappa shape index (κ2) is 9.36. The molecule has 0 bridgehead atoms. The van der Waals surface area contributed by atoms with Gasteiger partial charge in [0, 0.05) is 72.4 Å². The molecule has 0 unspecified atom stereocenters. The molecule has 0 spiro atoms. The van der Waals surface area contributed by atoms with Crippen LogP contribution in [-0.2, 0) is 32.7 Å². The number of esters is 2. The SMILES string of the molecule is CC(=O)O.Cn1cc(C2=C(c3cn(CCCO)c4ccccc34)C(=O)OC2=O)c2ccccc21. The zero-order valence-corrected chi connectivity index (χ0v) is 18.8. The number of ether oxygens (including phenoxy) is 1. The first-order valence-corrected chi connectivity index (χ1v) is 10.8. The molecule has 8 nitrogen and oxygen atoms in total. The van der Waals surface area contributed by atoms with Gasteiger partial charge in [0.1, 0.15) is 0 Å². The van der Waals surface area contributed by atoms with Crippen molar-refractivity contribution in [3.63, 3.8) is 0 Å². The van der Waals surface area contributed by atoms with Crippen LogP contribution in [0.15, 0.2) is 60.9 Å². The lowest BCUT2D eigenvalue weighted by Gasteiger charge is -2.02. The Morgan fingerprint density at radius 1 is 0.882 bits per heavy atom. The molecular weight excluding hydrogens is 436 g/mol. The van der Waals surface area contributed by atoms with Gasteiger partial charge in [-0.05, 0) is 18.6 Å². The topological polar surface area (TPSA) is 111 Å². The highest BCUT2D eigenvalue weighted by Gasteiger charge is 2.37. The molecule has 2 aromatic carbocycles. The lowest BCUT2D eigenvalue weighted by molar-refractivity contribution is -0.149. The highest BCUT2D eigenvalue weighted by atomic mass is 16.6. The number of carbonyl (C=O) groups excluding carboxylic acids is 2. The first-order valence-electron chi connectivity index (χ1n) is 10.8. The number of carboxylic acid groups (broad SMARTS) is 1. The molecule has 5 rings (SSSR count). The number of rotatable bonds is 5. The minimum atomic E-state index is -0.833. The largest absolute Gasteiger partial charge is 0.481 e. The van der Waals surface area contributed by atoms with Gasteiger partial charge in [-0.15, -0.1) is 0 Å². The maximum atomic E-state index is 12.8. The van der Waals surface area contributed by atoms with Crippen LogP contribution in [0.4, 0.5) is 0 Å². The van der Waals surface area contributed by atoms with Crippen molar-refractivity contribution >= 4 is 50.9 Å². The molecule has 0 aliphatic carbocycles. The first-order chi connectivity index (χ1) is 16.3. The van der Waals surface area contributed by atoms with Crippen molar-refractivity contribution in [1.29, 1.82) is 0 Å². The van der Waals surface area contributed by atoms with Gasteiger partial charge in [-0.1, -0.05) is 36.4 Å². The molecule has 3 heterocycles. The molecule has 174 valence electrons. The van der Waals surface area contributed by atoms with E-state index >= 15 is 0 Å². The zero-order valence-electron chi connectivity index (χ0n) is 18.8. The van der Waals surface area contributed by atoms with Crippen molar-refractivity contribution in [1.82, 2.24) is 9.13 Å². The summed E-state index contributed by atoms with van der Waals surface area (Å²) in [5.74, 6) is -2.09. The van der Waals surface area contributed by atoms with Crippen LogP contribution in [0.3, 0.4) is 0 Å². The number of hydrogen-bond donors (Lipinski definition) is 2. The highest BCUT2D eigenvalue weighted by molar-refractivity contribution is 6.46. The molecule has 0 fully saturated rings. The molecule has 4 aromatic rings. The fraction of sp³-hybridized carbons (Fsp3) is 0.192. The standard InChI is InChI=1S/C24H20N2O4.C2H4O2/c1-25-13-17(15-7-2-4-9-19(15)25)21-22(24(29)30-23(21)28)18-14-26(11-6-12-27)20-10-5-3-8-16(18)20;1-2(3)4/h2-5,7-10,13-14,27H,6,11-12H2,1H3;1H3,(H,3,4). The van der Waals surface area contributed by atoms with Gasteiger partial charge in [0.25, 0.3) is 5.97 Å². The normalized spacial score (nSPS) is 13.4. The Bertz CT molecular complexity index is 1450. The molecule has 0 atom stereocenters. The van der Waals surface area contributed by atoms with Gasteiger partial charge in [0.05, 0.1) is 11.1 Å². The molecule has 0 radical (unpaired) electrons. The number of para-hydroxylation sites is 2. The molecule has 1 aliphatic heterocycles. The molecule has 2 aromatic heterocycles. The molecule has 0 saturated heterocycles. The number of aryl methyl sites for hydroxylation is 2. The van der Waals surface area contributed by atoms with Crippen LogP contribution in [0.5, 0.6) is 0 Å². The maximum absolute atomic E-state index is 12.8. The van der Waals surface area contributed by atoms with E-state index < -0.39 is 17.9 Å². The summed E-state index contributed by atoms with van der Waals surface area (Å²) >= 11 is 0. The van der Waals surface area contributed by atoms with Gasteiger partial charge >= 0.3 is 11.9 Å². The fourth-order valence-corrected chi connectivity index (χ4v) is 4.29. The predicted octanol–water partition coefficient (Wildman–Crippen LogP) is 3.60. The van der Waals surface area contributed by atoms with Gasteiger partial charge in [0.15, 0.2) is 0 Å². The number of fused-ring (bicyclic) bond motifs is 2. The molecule has 8 heteroatoms. The van der Waals surface area contributed by atoms with Gasteiger partial charge < -0.3 is 24.1 Å². The van der Waals surface area contributed by atoms with Gasteiger partial charge in [-0.2, -0.15) is 0 Å². The van der Waals surface area contributed by atoms with Crippen LogP contribution in [0, 0.1) is 0 Å². The average Bonchev–Trinajstić information content (AvgIpc) is 3.43. The van der Waals surface area contributed by atoms with Crippen molar-refractivity contribution in [2.45, 2.75) is 19.9 Å². The predicted molar refractivity (Wildman–Crippen MR) is 128 cm³/mol. The Balaban J connectivity index is 0.000000636. The lowest BCUT2D eigenvalue weighted by Crippen LogP contribution is -2.02. The van der Waals surface area contributed by atoms with E-state index in [0.717, 1.165) is 28.7 Å². The van der Waals surface area contributed by atoms with Gasteiger partial charge in [-0.25, -0.2) is 9.59 Å². The molecular formula is C26H24N2O6. The Labute approximate surface area is 195 Å². The minimum absolute atomic E-state index is 0.0757. The van der Waals surface area contributed by atoms with Crippen LogP contribution in [-0.4, -0.2) is 43.9 Å². The van der Waals surface area contributed by atoms with E-state index in [4.69, 9.17) is 14.6 Å². The number of aromatic nitrogens is 2. The number of carbonyl (C=O) groups is 3. The number of carboxylic acids is 1. The van der Waals surface area contributed by atoms with E-state index in [0.29, 0.717) is 29.7 Å². The molecule has 0 amide bonds. The van der Waals surface area contributed by atoms with E-state index in [1.807, 2.05) is 77.1 Å². The van der Waals surface area contributed by atoms with Crippen molar-refractivity contribution < 1.29 is 29.3 Å². The van der Waals surface area contributed by atoms with E-state index in [2.05, 4.69) is 0 Å². The second-order valence-electron chi connectivity index (χ2n) is 7.95. The fourth-order valence-electron chi connectivity index (χ4n) is 4.29. The number of aliphatic hydroxyl groups excluding tert-OH is 1. The first kappa shape index (κ1) is 23.0. The lowest BCUT2D eigenvalue weighted by atomic mass is 9.95. The zero-order chi connectivity index (χ0) is 24.4. The van der Waals surface area contributed by atoms with Crippen LogP contribution in [0.25, 0.3) is 33.0 Å². The molecule has 34 heavy (non-hydrogen) atoms. The van der Waals surface area contributed by atoms with E-state index in [9.17, 15) is 14.7 Å². The summed E-state index contributed by atoms with van der Waals surface area (Å²) in [7, 11) is 1.91. The maximum Gasteiger partial charge on any atom is 0.347 e. The third-order valence-electron chi connectivity index (χ3n) is 5.62. The van der Waals surface area contributed by atoms with Crippen molar-refractivity contribution in [3.05, 3.63) is 72.1 Å². The summed E-state index contributed by atoms with van der Waals surface area (Å²) in [6.07, 6.45) is 4.34. The summed E-state index contributed by atoms with van der Waals surface area (Å²) in [6.45, 7) is 1.77. The minimum Gasteiger partial charge on any atom is -0.481 e. The average molecular weight is 460 g/mol. The second-order valence-corrected chi connectivity index (χ2v) is 7.95. The number of nitrogens with zero attached hydrogens (tertiary/aromatic N) is 2. The summed E-state index contributed by atoms with van der Waals surface area (Å²) < 4.78 is 9.03. The summed E-state index contributed by atoms with van der Waals surface area (Å²) in [4.78, 5) is 34.6. The highest BCUT2D eigenvalue weighted by Crippen LogP contribution is 2.40. The Morgan fingerprint density at radius 3 is 1.97 bits per heavy atom. The third kappa shape index (κ3) is 4.11. The smallest absolute Gasteiger partial charge is 0.347 e. The van der Waals surface area contributed by atoms with E-state index in [-0.39, 0.29) is 12.2 Å². The van der Waals surface area contributed by atoms with Crippen molar-refractivity contribution in [3.8, 4) is 0 Å². The number of aliphatic hydroxyl groups is 1. The summed E-state index contributed by atoms with van der Waals surface area (Å²) in [5.41, 5.74) is 3.85. The van der Waals surface area contributed by atoms with E-state index in [1.165, 1.54) is 0 Å². The number of benzene rings is 2. The summed E-state index contributed by atoms with van der Waals surface area (Å²) in [6, 6.07) is 15.5. The van der Waals surface area contributed by atoms with Gasteiger partial charge in [-0.3, -0.25) is 4.79 Å². The number of cyclic esters (lactones) is 2. The van der Waals surface area contributed by atoms with Crippen molar-refractivity contribution in [2.24, 2.45) is 7.05 Å². The van der Waals surface area contributed by atoms with Crippen LogP contribution in [0.1, 0.15) is 24.5 Å². The molecule has 1 aliphatic rings. The van der Waals surface area contributed by atoms with Crippen LogP contribution >= 0.6 is 0 Å². The van der Waals surface area contributed by atoms with E-state index in [1.54, 1.807) is 0 Å². The Morgan fingerprint density at radius 2 is 1.38 bits per heavy atom. The van der Waals surface area contributed by atoms with Gasteiger partial charge in [0.2, 0.25) is 0 Å². The Kier molecular flexibility index (Phi) is 6.34.